The molecule has 3 aromatic rings. The van der Waals surface area contributed by atoms with Gasteiger partial charge < -0.3 is 10.3 Å². The number of carbonyl (C=O) groups excluding carboxylic acids is 1. The summed E-state index contributed by atoms with van der Waals surface area (Å²) >= 11 is 0. The number of aromatic amines is 1. The fourth-order valence-corrected chi connectivity index (χ4v) is 2.63. The minimum absolute atomic E-state index is 0.185. The highest BCUT2D eigenvalue weighted by Gasteiger charge is 2.14. The molecular formula is C18H17FN2O. The van der Waals surface area contributed by atoms with Gasteiger partial charge in [-0.05, 0) is 43.2 Å². The molecule has 0 saturated heterocycles. The van der Waals surface area contributed by atoms with E-state index in [2.05, 4.69) is 10.3 Å². The van der Waals surface area contributed by atoms with Crippen LogP contribution >= 0.6 is 0 Å². The van der Waals surface area contributed by atoms with E-state index in [1.165, 1.54) is 12.1 Å². The van der Waals surface area contributed by atoms with Gasteiger partial charge in [-0.25, -0.2) is 4.39 Å². The first kappa shape index (κ1) is 14.3. The number of rotatable bonds is 3. The van der Waals surface area contributed by atoms with E-state index in [0.717, 1.165) is 22.1 Å². The zero-order valence-corrected chi connectivity index (χ0v) is 12.5. The van der Waals surface area contributed by atoms with Crippen molar-refractivity contribution in [3.8, 4) is 0 Å². The maximum Gasteiger partial charge on any atom is 0.268 e. The van der Waals surface area contributed by atoms with Gasteiger partial charge in [0.2, 0.25) is 0 Å². The van der Waals surface area contributed by atoms with Crippen LogP contribution in [0.5, 0.6) is 0 Å². The summed E-state index contributed by atoms with van der Waals surface area (Å²) in [5.74, 6) is -0.504. The van der Waals surface area contributed by atoms with E-state index in [1.807, 2.05) is 38.1 Å². The third kappa shape index (κ3) is 2.72. The summed E-state index contributed by atoms with van der Waals surface area (Å²) in [5, 5.41) is 3.76. The number of aromatic nitrogens is 1. The highest BCUT2D eigenvalue weighted by Crippen LogP contribution is 2.22. The van der Waals surface area contributed by atoms with E-state index >= 15 is 0 Å². The van der Waals surface area contributed by atoms with Crippen LogP contribution in [0.4, 0.5) is 4.39 Å². The van der Waals surface area contributed by atoms with Crippen molar-refractivity contribution in [2.75, 3.05) is 0 Å². The molecule has 0 aliphatic rings. The predicted molar refractivity (Wildman–Crippen MR) is 85.3 cm³/mol. The maximum atomic E-state index is 13.3. The van der Waals surface area contributed by atoms with Crippen LogP contribution < -0.4 is 5.32 Å². The molecule has 0 saturated carbocycles. The number of aryl methyl sites for hydroxylation is 2. The van der Waals surface area contributed by atoms with E-state index in [-0.39, 0.29) is 11.7 Å². The van der Waals surface area contributed by atoms with E-state index in [0.29, 0.717) is 17.8 Å². The molecule has 0 atom stereocenters. The fraction of sp³-hybridized carbons (Fsp3) is 0.167. The minimum Gasteiger partial charge on any atom is -0.350 e. The summed E-state index contributed by atoms with van der Waals surface area (Å²) < 4.78 is 13.3. The van der Waals surface area contributed by atoms with Gasteiger partial charge in [-0.1, -0.05) is 29.8 Å². The number of benzene rings is 2. The maximum absolute atomic E-state index is 13.3. The molecule has 3 rings (SSSR count). The lowest BCUT2D eigenvalue weighted by Crippen LogP contribution is -2.23. The molecule has 0 fully saturated rings. The van der Waals surface area contributed by atoms with Crippen molar-refractivity contribution in [1.82, 2.24) is 10.3 Å². The van der Waals surface area contributed by atoms with Crippen LogP contribution in [-0.2, 0) is 6.54 Å². The molecular weight excluding hydrogens is 279 g/mol. The summed E-state index contributed by atoms with van der Waals surface area (Å²) in [5.41, 5.74) is 4.15. The van der Waals surface area contributed by atoms with Gasteiger partial charge in [-0.15, -0.1) is 0 Å². The van der Waals surface area contributed by atoms with Gasteiger partial charge in [-0.2, -0.15) is 0 Å². The Hall–Kier alpha value is -2.62. The van der Waals surface area contributed by atoms with E-state index in [4.69, 9.17) is 0 Å². The Balaban J connectivity index is 1.81. The van der Waals surface area contributed by atoms with Crippen molar-refractivity contribution in [3.05, 3.63) is 70.7 Å². The van der Waals surface area contributed by atoms with Crippen LogP contribution in [0.3, 0.4) is 0 Å². The second-order valence-electron chi connectivity index (χ2n) is 5.49. The number of halogens is 1. The molecule has 112 valence electrons. The van der Waals surface area contributed by atoms with Crippen LogP contribution in [0, 0.1) is 19.7 Å². The molecule has 2 N–H and O–H groups in total. The van der Waals surface area contributed by atoms with Crippen LogP contribution in [-0.4, -0.2) is 10.9 Å². The number of fused-ring (bicyclic) bond motifs is 1. The van der Waals surface area contributed by atoms with Crippen LogP contribution in [0.25, 0.3) is 10.9 Å². The topological polar surface area (TPSA) is 44.9 Å². The van der Waals surface area contributed by atoms with Crippen LogP contribution in [0.2, 0.25) is 0 Å². The molecule has 4 heteroatoms. The molecule has 0 radical (unpaired) electrons. The third-order valence-corrected chi connectivity index (χ3v) is 3.78. The quantitative estimate of drug-likeness (QED) is 0.757. The molecule has 22 heavy (non-hydrogen) atoms. The van der Waals surface area contributed by atoms with Gasteiger partial charge >= 0.3 is 0 Å². The Bertz CT molecular complexity index is 851. The second kappa shape index (κ2) is 5.64. The molecule has 1 aromatic heterocycles. The van der Waals surface area contributed by atoms with E-state index in [9.17, 15) is 9.18 Å². The molecule has 0 spiro atoms. The summed E-state index contributed by atoms with van der Waals surface area (Å²) in [6, 6.07) is 12.5. The second-order valence-corrected chi connectivity index (χ2v) is 5.49. The zero-order valence-electron chi connectivity index (χ0n) is 12.5. The highest BCUT2D eigenvalue weighted by molar-refractivity contribution is 6.00. The number of amides is 1. The standard InChI is InChI=1S/C18H17FN2O/c1-11-4-3-5-13(8-11)10-20-18(22)17-12(2)15-7-6-14(19)9-16(15)21-17/h3-9,21H,10H2,1-2H3,(H,20,22). The average Bonchev–Trinajstić information content (AvgIpc) is 2.81. The number of nitrogens with one attached hydrogen (secondary N) is 2. The molecule has 0 unspecified atom stereocenters. The van der Waals surface area contributed by atoms with Gasteiger partial charge in [0.25, 0.3) is 5.91 Å². The summed E-state index contributed by atoms with van der Waals surface area (Å²) in [7, 11) is 0. The zero-order chi connectivity index (χ0) is 15.7. The molecule has 0 bridgehead atoms. The van der Waals surface area contributed by atoms with Crippen LogP contribution in [0.1, 0.15) is 27.2 Å². The number of carbonyl (C=O) groups is 1. The molecule has 3 nitrogen and oxygen atoms in total. The molecule has 2 aromatic carbocycles. The predicted octanol–water partition coefficient (Wildman–Crippen LogP) is 3.85. The average molecular weight is 296 g/mol. The molecule has 0 aliphatic heterocycles. The summed E-state index contributed by atoms with van der Waals surface area (Å²) in [6.07, 6.45) is 0. The number of H-pyrrole nitrogens is 1. The van der Waals surface area contributed by atoms with Gasteiger partial charge in [0.15, 0.2) is 0 Å². The monoisotopic (exact) mass is 296 g/mol. The first-order valence-corrected chi connectivity index (χ1v) is 7.16. The van der Waals surface area contributed by atoms with Crippen molar-refractivity contribution in [2.24, 2.45) is 0 Å². The lowest BCUT2D eigenvalue weighted by molar-refractivity contribution is 0.0946. The fourth-order valence-electron chi connectivity index (χ4n) is 2.63. The smallest absolute Gasteiger partial charge is 0.268 e. The van der Waals surface area contributed by atoms with Crippen molar-refractivity contribution < 1.29 is 9.18 Å². The minimum atomic E-state index is -0.319. The summed E-state index contributed by atoms with van der Waals surface area (Å²) in [4.78, 5) is 15.3. The molecule has 0 aliphatic carbocycles. The van der Waals surface area contributed by atoms with Gasteiger partial charge in [-0.3, -0.25) is 4.79 Å². The Labute approximate surface area is 128 Å². The Morgan fingerprint density at radius 2 is 2.00 bits per heavy atom. The molecule has 1 amide bonds. The van der Waals surface area contributed by atoms with Gasteiger partial charge in [0, 0.05) is 17.4 Å². The lowest BCUT2D eigenvalue weighted by atomic mass is 10.1. The first-order chi connectivity index (χ1) is 10.5. The van der Waals surface area contributed by atoms with E-state index in [1.54, 1.807) is 6.07 Å². The van der Waals surface area contributed by atoms with Crippen molar-refractivity contribution in [1.29, 1.82) is 0 Å². The Kier molecular flexibility index (Phi) is 3.67. The van der Waals surface area contributed by atoms with Crippen molar-refractivity contribution in [2.45, 2.75) is 20.4 Å². The largest absolute Gasteiger partial charge is 0.350 e. The van der Waals surface area contributed by atoms with Crippen molar-refractivity contribution >= 4 is 16.8 Å². The van der Waals surface area contributed by atoms with Crippen molar-refractivity contribution in [3.63, 3.8) is 0 Å². The summed E-state index contributed by atoms with van der Waals surface area (Å²) in [6.45, 7) is 4.34. The lowest BCUT2D eigenvalue weighted by Gasteiger charge is -2.05. The normalized spacial score (nSPS) is 10.9. The van der Waals surface area contributed by atoms with Gasteiger partial charge in [0.05, 0.1) is 0 Å². The Morgan fingerprint density at radius 3 is 2.77 bits per heavy atom. The number of hydrogen-bond acceptors (Lipinski definition) is 1. The number of hydrogen-bond donors (Lipinski definition) is 2. The molecule has 1 heterocycles. The third-order valence-electron chi connectivity index (χ3n) is 3.78. The highest BCUT2D eigenvalue weighted by atomic mass is 19.1. The van der Waals surface area contributed by atoms with Gasteiger partial charge in [0.1, 0.15) is 11.5 Å². The van der Waals surface area contributed by atoms with Crippen LogP contribution in [0.15, 0.2) is 42.5 Å². The first-order valence-electron chi connectivity index (χ1n) is 7.16. The SMILES string of the molecule is Cc1cccc(CNC(=O)c2[nH]c3cc(F)ccc3c2C)c1. The van der Waals surface area contributed by atoms with E-state index < -0.39 is 0 Å². The Morgan fingerprint density at radius 1 is 1.18 bits per heavy atom.